The summed E-state index contributed by atoms with van der Waals surface area (Å²) in [4.78, 5) is 16.8. The number of piperazine rings is 1. The van der Waals surface area contributed by atoms with Crippen LogP contribution in [0.1, 0.15) is 5.56 Å². The number of hydrogen-bond donors (Lipinski definition) is 0. The molecule has 0 N–H and O–H groups in total. The molecule has 2 heterocycles. The van der Waals surface area contributed by atoms with Crippen LogP contribution >= 0.6 is 11.6 Å². The molecule has 0 aromatic heterocycles. The first-order valence-corrected chi connectivity index (χ1v) is 9.24. The van der Waals surface area contributed by atoms with Crippen LogP contribution in [0.4, 0.5) is 5.69 Å². The third-order valence-electron chi connectivity index (χ3n) is 4.77. The molecule has 2 aliphatic heterocycles. The highest BCUT2D eigenvalue weighted by Gasteiger charge is 2.22. The first-order chi connectivity index (χ1) is 12.7. The molecule has 1 fully saturated rings. The minimum Gasteiger partial charge on any atom is -0.486 e. The normalized spacial score (nSPS) is 16.5. The van der Waals surface area contributed by atoms with Gasteiger partial charge in [-0.25, -0.2) is 0 Å². The molecule has 1 saturated heterocycles. The number of rotatable bonds is 3. The van der Waals surface area contributed by atoms with Gasteiger partial charge >= 0.3 is 0 Å². The summed E-state index contributed by atoms with van der Waals surface area (Å²) in [5, 5.41) is 0.736. The van der Waals surface area contributed by atoms with Crippen molar-refractivity contribution in [1.82, 2.24) is 4.90 Å². The molecule has 2 aromatic rings. The molecule has 0 unspecified atom stereocenters. The van der Waals surface area contributed by atoms with Gasteiger partial charge in [-0.3, -0.25) is 4.79 Å². The Balaban J connectivity index is 1.35. The predicted octanol–water partition coefficient (Wildman–Crippen LogP) is 3.00. The van der Waals surface area contributed by atoms with Gasteiger partial charge < -0.3 is 19.3 Å². The van der Waals surface area contributed by atoms with E-state index in [-0.39, 0.29) is 5.91 Å². The first-order valence-electron chi connectivity index (χ1n) is 8.86. The summed E-state index contributed by atoms with van der Waals surface area (Å²) < 4.78 is 11.1. The molecular weight excluding hydrogens is 352 g/mol. The third kappa shape index (κ3) is 3.73. The lowest BCUT2D eigenvalue weighted by molar-refractivity contribution is -0.130. The Morgan fingerprint density at radius 1 is 0.962 bits per heavy atom. The van der Waals surface area contributed by atoms with Crippen LogP contribution < -0.4 is 14.4 Å². The Hall–Kier alpha value is -2.40. The van der Waals surface area contributed by atoms with Gasteiger partial charge in [0.1, 0.15) is 13.2 Å². The van der Waals surface area contributed by atoms with E-state index >= 15 is 0 Å². The van der Waals surface area contributed by atoms with Crippen molar-refractivity contribution in [3.8, 4) is 11.5 Å². The van der Waals surface area contributed by atoms with Gasteiger partial charge in [0.15, 0.2) is 11.5 Å². The summed E-state index contributed by atoms with van der Waals surface area (Å²) in [7, 11) is 0. The van der Waals surface area contributed by atoms with Crippen LogP contribution in [0.3, 0.4) is 0 Å². The highest BCUT2D eigenvalue weighted by atomic mass is 35.5. The maximum Gasteiger partial charge on any atom is 0.227 e. The number of anilines is 1. The average Bonchev–Trinajstić information content (AvgIpc) is 2.68. The topological polar surface area (TPSA) is 42.0 Å². The minimum absolute atomic E-state index is 0.146. The van der Waals surface area contributed by atoms with Crippen LogP contribution in [0.5, 0.6) is 11.5 Å². The van der Waals surface area contributed by atoms with Crippen molar-refractivity contribution >= 4 is 23.2 Å². The molecule has 0 saturated carbocycles. The number of ether oxygens (including phenoxy) is 2. The van der Waals surface area contributed by atoms with Crippen LogP contribution in [-0.4, -0.2) is 50.2 Å². The zero-order chi connectivity index (χ0) is 17.9. The standard InChI is InChI=1S/C20H21ClN2O3/c21-16-2-1-3-17(14-16)22-6-8-23(9-7-22)20(24)13-15-4-5-18-19(12-15)26-11-10-25-18/h1-5,12,14H,6-11,13H2. The maximum absolute atomic E-state index is 12.6. The van der Waals surface area contributed by atoms with Crippen LogP contribution in [0, 0.1) is 0 Å². The van der Waals surface area contributed by atoms with Crippen LogP contribution in [0.2, 0.25) is 5.02 Å². The zero-order valence-corrected chi connectivity index (χ0v) is 15.2. The Morgan fingerprint density at radius 2 is 1.73 bits per heavy atom. The number of carbonyl (C=O) groups excluding carboxylic acids is 1. The summed E-state index contributed by atoms with van der Waals surface area (Å²) in [5.74, 6) is 1.63. The SMILES string of the molecule is O=C(Cc1ccc2c(c1)OCCO2)N1CCN(c2cccc(Cl)c2)CC1. The Bertz CT molecular complexity index is 803. The molecule has 5 nitrogen and oxygen atoms in total. The van der Waals surface area contributed by atoms with Gasteiger partial charge in [0, 0.05) is 36.9 Å². The van der Waals surface area contributed by atoms with E-state index < -0.39 is 0 Å². The first kappa shape index (κ1) is 17.0. The molecule has 136 valence electrons. The number of carbonyl (C=O) groups is 1. The van der Waals surface area contributed by atoms with E-state index in [2.05, 4.69) is 11.0 Å². The number of nitrogens with zero attached hydrogens (tertiary/aromatic N) is 2. The summed E-state index contributed by atoms with van der Waals surface area (Å²) in [6.45, 7) is 4.18. The highest BCUT2D eigenvalue weighted by molar-refractivity contribution is 6.30. The third-order valence-corrected chi connectivity index (χ3v) is 5.00. The van der Waals surface area contributed by atoms with Crippen molar-refractivity contribution < 1.29 is 14.3 Å². The smallest absolute Gasteiger partial charge is 0.227 e. The molecule has 0 spiro atoms. The maximum atomic E-state index is 12.6. The molecule has 4 rings (SSSR count). The Labute approximate surface area is 158 Å². The van der Waals surface area contributed by atoms with Gasteiger partial charge in [-0.05, 0) is 35.9 Å². The van der Waals surface area contributed by atoms with Crippen molar-refractivity contribution in [2.24, 2.45) is 0 Å². The largest absolute Gasteiger partial charge is 0.486 e. The zero-order valence-electron chi connectivity index (χ0n) is 14.5. The van der Waals surface area contributed by atoms with E-state index in [1.807, 2.05) is 41.3 Å². The lowest BCUT2D eigenvalue weighted by Gasteiger charge is -2.36. The molecule has 6 heteroatoms. The molecule has 2 aliphatic rings. The lowest BCUT2D eigenvalue weighted by Crippen LogP contribution is -2.49. The summed E-state index contributed by atoms with van der Waals surface area (Å²) in [6, 6.07) is 13.6. The Morgan fingerprint density at radius 3 is 2.50 bits per heavy atom. The van der Waals surface area contributed by atoms with Crippen molar-refractivity contribution in [2.75, 3.05) is 44.3 Å². The van der Waals surface area contributed by atoms with E-state index in [1.54, 1.807) is 0 Å². The van der Waals surface area contributed by atoms with Gasteiger partial charge in [0.25, 0.3) is 0 Å². The number of benzene rings is 2. The van der Waals surface area contributed by atoms with Crippen LogP contribution in [0.25, 0.3) is 0 Å². The molecular formula is C20H21ClN2O3. The highest BCUT2D eigenvalue weighted by Crippen LogP contribution is 2.31. The Kier molecular flexibility index (Phi) is 4.89. The number of amides is 1. The second kappa shape index (κ2) is 7.46. The van der Waals surface area contributed by atoms with Crippen molar-refractivity contribution in [1.29, 1.82) is 0 Å². The monoisotopic (exact) mass is 372 g/mol. The minimum atomic E-state index is 0.146. The van der Waals surface area contributed by atoms with Gasteiger partial charge in [0.2, 0.25) is 5.91 Å². The molecule has 2 aromatic carbocycles. The molecule has 0 aliphatic carbocycles. The van der Waals surface area contributed by atoms with E-state index in [9.17, 15) is 4.79 Å². The van der Waals surface area contributed by atoms with Crippen LogP contribution in [-0.2, 0) is 11.2 Å². The number of fused-ring (bicyclic) bond motifs is 1. The second-order valence-corrected chi connectivity index (χ2v) is 6.94. The predicted molar refractivity (Wildman–Crippen MR) is 101 cm³/mol. The van der Waals surface area contributed by atoms with Gasteiger partial charge in [-0.15, -0.1) is 0 Å². The summed E-state index contributed by atoms with van der Waals surface area (Å²) in [6.07, 6.45) is 0.383. The average molecular weight is 373 g/mol. The van der Waals surface area contributed by atoms with Crippen molar-refractivity contribution in [3.63, 3.8) is 0 Å². The summed E-state index contributed by atoms with van der Waals surface area (Å²) in [5.41, 5.74) is 2.06. The van der Waals surface area contributed by atoms with Gasteiger partial charge in [0.05, 0.1) is 6.42 Å². The molecule has 0 bridgehead atoms. The van der Waals surface area contributed by atoms with Crippen molar-refractivity contribution in [3.05, 3.63) is 53.1 Å². The number of halogens is 1. The van der Waals surface area contributed by atoms with E-state index in [4.69, 9.17) is 21.1 Å². The molecule has 26 heavy (non-hydrogen) atoms. The molecule has 1 amide bonds. The molecule has 0 atom stereocenters. The fourth-order valence-electron chi connectivity index (χ4n) is 3.37. The second-order valence-electron chi connectivity index (χ2n) is 6.50. The fourth-order valence-corrected chi connectivity index (χ4v) is 3.56. The van der Waals surface area contributed by atoms with Gasteiger partial charge in [-0.1, -0.05) is 23.7 Å². The van der Waals surface area contributed by atoms with Gasteiger partial charge in [-0.2, -0.15) is 0 Å². The quantitative estimate of drug-likeness (QED) is 0.830. The van der Waals surface area contributed by atoms with Crippen molar-refractivity contribution in [2.45, 2.75) is 6.42 Å². The van der Waals surface area contributed by atoms with E-state index in [0.29, 0.717) is 19.6 Å². The number of hydrogen-bond acceptors (Lipinski definition) is 4. The lowest BCUT2D eigenvalue weighted by atomic mass is 10.1. The molecule has 0 radical (unpaired) electrons. The van der Waals surface area contributed by atoms with Crippen LogP contribution in [0.15, 0.2) is 42.5 Å². The summed E-state index contributed by atoms with van der Waals surface area (Å²) >= 11 is 6.07. The fraction of sp³-hybridized carbons (Fsp3) is 0.350. The van der Waals surface area contributed by atoms with E-state index in [0.717, 1.165) is 54.0 Å². The van der Waals surface area contributed by atoms with E-state index in [1.165, 1.54) is 0 Å².